The van der Waals surface area contributed by atoms with Crippen molar-refractivity contribution in [3.8, 4) is 0 Å². The smallest absolute Gasteiger partial charge is 0.225 e. The highest BCUT2D eigenvalue weighted by Gasteiger charge is 2.30. The fourth-order valence-electron chi connectivity index (χ4n) is 3.89. The Kier molecular flexibility index (Phi) is 4.41. The normalized spacial score (nSPS) is 20.0. The molecule has 2 aliphatic rings. The predicted molar refractivity (Wildman–Crippen MR) is 98.5 cm³/mol. The number of hydrogen-bond donors (Lipinski definition) is 0. The van der Waals surface area contributed by atoms with Gasteiger partial charge in [0.15, 0.2) is 5.78 Å². The fourth-order valence-corrected chi connectivity index (χ4v) is 3.89. The van der Waals surface area contributed by atoms with E-state index in [1.165, 1.54) is 5.56 Å². The number of nitrogens with zero attached hydrogens (tertiary/aromatic N) is 4. The molecular weight excluding hydrogens is 328 g/mol. The molecule has 1 aliphatic heterocycles. The van der Waals surface area contributed by atoms with Crippen LogP contribution in [-0.4, -0.2) is 53.2 Å². The van der Waals surface area contributed by atoms with Crippen molar-refractivity contribution in [1.29, 1.82) is 0 Å². The van der Waals surface area contributed by atoms with Crippen LogP contribution in [0.5, 0.6) is 0 Å². The van der Waals surface area contributed by atoms with Crippen LogP contribution < -0.4 is 4.90 Å². The van der Waals surface area contributed by atoms with E-state index < -0.39 is 0 Å². The molecule has 1 fully saturated rings. The highest BCUT2D eigenvalue weighted by Crippen LogP contribution is 2.33. The van der Waals surface area contributed by atoms with E-state index in [0.29, 0.717) is 44.1 Å². The minimum Gasteiger partial charge on any atom is -0.342 e. The molecule has 26 heavy (non-hydrogen) atoms. The van der Waals surface area contributed by atoms with Gasteiger partial charge in [0.05, 0.1) is 17.0 Å². The summed E-state index contributed by atoms with van der Waals surface area (Å²) in [5.74, 6) is 0.980. The second kappa shape index (κ2) is 6.86. The van der Waals surface area contributed by atoms with Crippen LogP contribution in [-0.2, 0) is 11.2 Å². The molecule has 134 valence electrons. The van der Waals surface area contributed by atoms with Crippen LogP contribution in [0.2, 0.25) is 0 Å². The minimum atomic E-state index is 0.134. The van der Waals surface area contributed by atoms with E-state index in [9.17, 15) is 9.59 Å². The quantitative estimate of drug-likeness (QED) is 0.792. The van der Waals surface area contributed by atoms with Crippen LogP contribution in [0.4, 0.5) is 5.95 Å². The molecule has 0 spiro atoms. The summed E-state index contributed by atoms with van der Waals surface area (Å²) in [6.07, 6.45) is 2.16. The zero-order valence-corrected chi connectivity index (χ0v) is 14.9. The summed E-state index contributed by atoms with van der Waals surface area (Å²) < 4.78 is 0. The molecule has 1 aliphatic carbocycles. The first-order valence-corrected chi connectivity index (χ1v) is 9.05. The number of rotatable bonds is 3. The van der Waals surface area contributed by atoms with Crippen LogP contribution in [0.15, 0.2) is 30.3 Å². The van der Waals surface area contributed by atoms with E-state index in [1.807, 2.05) is 25.1 Å². The Bertz CT molecular complexity index is 829. The van der Waals surface area contributed by atoms with Crippen molar-refractivity contribution in [3.63, 3.8) is 0 Å². The maximum Gasteiger partial charge on any atom is 0.225 e. The summed E-state index contributed by atoms with van der Waals surface area (Å²) in [7, 11) is 0. The number of carbonyl (C=O) groups is 2. The topological polar surface area (TPSA) is 66.4 Å². The molecule has 0 radical (unpaired) electrons. The number of ketones is 1. The van der Waals surface area contributed by atoms with Gasteiger partial charge >= 0.3 is 0 Å². The molecule has 6 nitrogen and oxygen atoms in total. The molecule has 1 atom stereocenters. The summed E-state index contributed by atoms with van der Waals surface area (Å²) >= 11 is 0. The van der Waals surface area contributed by atoms with Crippen molar-refractivity contribution in [2.24, 2.45) is 0 Å². The number of amides is 1. The third-order valence-electron chi connectivity index (χ3n) is 5.32. The molecule has 1 saturated heterocycles. The van der Waals surface area contributed by atoms with Gasteiger partial charge in [-0.25, -0.2) is 9.97 Å². The number of piperazine rings is 1. The third kappa shape index (κ3) is 3.07. The summed E-state index contributed by atoms with van der Waals surface area (Å²) in [5, 5.41) is 0. The lowest BCUT2D eigenvalue weighted by Gasteiger charge is -2.33. The Hall–Kier alpha value is -2.76. The molecule has 4 rings (SSSR count). The number of aromatic nitrogens is 2. The molecule has 0 bridgehead atoms. The molecule has 2 heterocycles. The third-order valence-corrected chi connectivity index (χ3v) is 5.32. The zero-order valence-electron chi connectivity index (χ0n) is 14.9. The summed E-state index contributed by atoms with van der Waals surface area (Å²) in [4.78, 5) is 36.8. The standard InChI is InChI=1S/C20H22N4O2/c1-14-19-17(11-16(12-18(19)26)15-5-3-2-4-6-15)22-20(21-14)24-9-7-23(13-25)8-10-24/h2-6,13,16H,7-12H2,1H3. The van der Waals surface area contributed by atoms with Crippen molar-refractivity contribution < 1.29 is 9.59 Å². The van der Waals surface area contributed by atoms with E-state index in [-0.39, 0.29) is 11.7 Å². The monoisotopic (exact) mass is 350 g/mol. The van der Waals surface area contributed by atoms with Gasteiger partial charge in [-0.3, -0.25) is 9.59 Å². The molecule has 1 amide bonds. The van der Waals surface area contributed by atoms with Crippen LogP contribution in [0, 0.1) is 6.92 Å². The molecule has 6 heteroatoms. The lowest BCUT2D eigenvalue weighted by atomic mass is 9.81. The largest absolute Gasteiger partial charge is 0.342 e. The average molecular weight is 350 g/mol. The van der Waals surface area contributed by atoms with Gasteiger partial charge in [-0.1, -0.05) is 30.3 Å². The van der Waals surface area contributed by atoms with Crippen molar-refractivity contribution in [3.05, 3.63) is 52.8 Å². The predicted octanol–water partition coefficient (Wildman–Crippen LogP) is 1.98. The van der Waals surface area contributed by atoms with E-state index in [1.54, 1.807) is 4.90 Å². The zero-order chi connectivity index (χ0) is 18.1. The number of benzene rings is 1. The number of carbonyl (C=O) groups excluding carboxylic acids is 2. The van der Waals surface area contributed by atoms with Gasteiger partial charge < -0.3 is 9.80 Å². The molecule has 0 saturated carbocycles. The first kappa shape index (κ1) is 16.7. The van der Waals surface area contributed by atoms with Crippen LogP contribution in [0.3, 0.4) is 0 Å². The summed E-state index contributed by atoms with van der Waals surface area (Å²) in [5.41, 5.74) is 3.51. The second-order valence-electron chi connectivity index (χ2n) is 7.00. The molecule has 1 aromatic carbocycles. The van der Waals surface area contributed by atoms with Gasteiger partial charge in [0.2, 0.25) is 12.4 Å². The van der Waals surface area contributed by atoms with Crippen molar-refractivity contribution in [1.82, 2.24) is 14.9 Å². The molecular formula is C20H22N4O2. The van der Waals surface area contributed by atoms with Gasteiger partial charge in [-0.2, -0.15) is 0 Å². The number of Topliss-reactive ketones (excluding diaryl/α,β-unsaturated/α-hetero) is 1. The molecule has 1 unspecified atom stereocenters. The van der Waals surface area contributed by atoms with Gasteiger partial charge in [-0.05, 0) is 24.8 Å². The highest BCUT2D eigenvalue weighted by molar-refractivity contribution is 5.99. The Morgan fingerprint density at radius 2 is 1.77 bits per heavy atom. The van der Waals surface area contributed by atoms with Crippen molar-refractivity contribution in [2.75, 3.05) is 31.1 Å². The lowest BCUT2D eigenvalue weighted by molar-refractivity contribution is -0.118. The van der Waals surface area contributed by atoms with Gasteiger partial charge in [-0.15, -0.1) is 0 Å². The van der Waals surface area contributed by atoms with E-state index >= 15 is 0 Å². The Balaban J connectivity index is 1.63. The number of fused-ring (bicyclic) bond motifs is 1. The van der Waals surface area contributed by atoms with Gasteiger partial charge in [0, 0.05) is 32.6 Å². The lowest BCUT2D eigenvalue weighted by Crippen LogP contribution is -2.46. The van der Waals surface area contributed by atoms with Crippen molar-refractivity contribution >= 4 is 18.1 Å². The first-order valence-electron chi connectivity index (χ1n) is 9.05. The SMILES string of the molecule is Cc1nc(N2CCN(C=O)CC2)nc2c1C(=O)CC(c1ccccc1)C2. The summed E-state index contributed by atoms with van der Waals surface area (Å²) in [6.45, 7) is 4.68. The Morgan fingerprint density at radius 1 is 1.04 bits per heavy atom. The van der Waals surface area contributed by atoms with Gasteiger partial charge in [0.1, 0.15) is 0 Å². The first-order chi connectivity index (χ1) is 12.7. The van der Waals surface area contributed by atoms with Crippen LogP contribution >= 0.6 is 0 Å². The van der Waals surface area contributed by atoms with Crippen LogP contribution in [0.1, 0.15) is 39.6 Å². The Morgan fingerprint density at radius 3 is 2.46 bits per heavy atom. The maximum atomic E-state index is 12.7. The molecule has 2 aromatic rings. The minimum absolute atomic E-state index is 0.134. The Labute approximate surface area is 152 Å². The van der Waals surface area contributed by atoms with E-state index in [2.05, 4.69) is 22.0 Å². The van der Waals surface area contributed by atoms with Crippen molar-refractivity contribution in [2.45, 2.75) is 25.7 Å². The summed E-state index contributed by atoms with van der Waals surface area (Å²) in [6, 6.07) is 10.2. The number of anilines is 1. The maximum absolute atomic E-state index is 12.7. The molecule has 1 aromatic heterocycles. The number of aryl methyl sites for hydroxylation is 1. The molecule has 0 N–H and O–H groups in total. The number of hydrogen-bond acceptors (Lipinski definition) is 5. The highest BCUT2D eigenvalue weighted by atomic mass is 16.1. The average Bonchev–Trinajstić information content (AvgIpc) is 2.68. The second-order valence-corrected chi connectivity index (χ2v) is 7.00. The van der Waals surface area contributed by atoms with Crippen LogP contribution in [0.25, 0.3) is 0 Å². The van der Waals surface area contributed by atoms with E-state index in [0.717, 1.165) is 24.2 Å². The fraction of sp³-hybridized carbons (Fsp3) is 0.400. The van der Waals surface area contributed by atoms with Gasteiger partial charge in [0.25, 0.3) is 0 Å². The van der Waals surface area contributed by atoms with E-state index in [4.69, 9.17) is 4.98 Å².